The summed E-state index contributed by atoms with van der Waals surface area (Å²) < 4.78 is 0. The normalized spacial score (nSPS) is 21.0. The number of rotatable bonds is 2. The van der Waals surface area contributed by atoms with Gasteiger partial charge in [0.25, 0.3) is 0 Å². The molecule has 0 spiro atoms. The van der Waals surface area contributed by atoms with Crippen LogP contribution in [-0.2, 0) is 6.61 Å². The zero-order chi connectivity index (χ0) is 10.8. The van der Waals surface area contributed by atoms with Gasteiger partial charge in [-0.15, -0.1) is 0 Å². The van der Waals surface area contributed by atoms with Crippen LogP contribution in [0.5, 0.6) is 0 Å². The van der Waals surface area contributed by atoms with Gasteiger partial charge in [0.2, 0.25) is 0 Å². The number of aryl methyl sites for hydroxylation is 1. The molecule has 15 heavy (non-hydrogen) atoms. The van der Waals surface area contributed by atoms with E-state index < -0.39 is 0 Å². The molecule has 0 bridgehead atoms. The smallest absolute Gasteiger partial charge is 0.0684 e. The predicted octanol–water partition coefficient (Wildman–Crippen LogP) is 2.33. The zero-order valence-corrected chi connectivity index (χ0v) is 9.53. The molecule has 2 heteroatoms. The van der Waals surface area contributed by atoms with Crippen molar-refractivity contribution in [2.75, 3.05) is 18.0 Å². The molecule has 1 heterocycles. The number of aliphatic hydroxyl groups is 1. The fourth-order valence-corrected chi connectivity index (χ4v) is 2.22. The summed E-state index contributed by atoms with van der Waals surface area (Å²) in [5, 5.41) is 9.10. The van der Waals surface area contributed by atoms with E-state index in [2.05, 4.69) is 30.9 Å². The van der Waals surface area contributed by atoms with Gasteiger partial charge < -0.3 is 10.0 Å². The average molecular weight is 205 g/mol. The fraction of sp³-hybridized carbons (Fsp3) is 0.538. The standard InChI is InChI=1S/C13H19NO/c1-10-5-6-14(8-10)13-4-3-12(9-15)11(2)7-13/h3-4,7,10,15H,5-6,8-9H2,1-2H3. The van der Waals surface area contributed by atoms with Crippen molar-refractivity contribution in [3.63, 3.8) is 0 Å². The van der Waals surface area contributed by atoms with Crippen LogP contribution in [0.1, 0.15) is 24.5 Å². The van der Waals surface area contributed by atoms with E-state index in [1.54, 1.807) is 0 Å². The monoisotopic (exact) mass is 205 g/mol. The lowest BCUT2D eigenvalue weighted by molar-refractivity contribution is 0.281. The van der Waals surface area contributed by atoms with E-state index in [0.717, 1.165) is 18.0 Å². The number of aliphatic hydroxyl groups excluding tert-OH is 1. The topological polar surface area (TPSA) is 23.5 Å². The minimum absolute atomic E-state index is 0.141. The van der Waals surface area contributed by atoms with Crippen molar-refractivity contribution in [2.24, 2.45) is 5.92 Å². The van der Waals surface area contributed by atoms with Crippen LogP contribution in [0, 0.1) is 12.8 Å². The first-order valence-electron chi connectivity index (χ1n) is 5.66. The van der Waals surface area contributed by atoms with E-state index in [9.17, 15) is 0 Å². The van der Waals surface area contributed by atoms with Gasteiger partial charge in [0.05, 0.1) is 6.61 Å². The second kappa shape index (κ2) is 4.23. The Labute approximate surface area is 91.5 Å². The van der Waals surface area contributed by atoms with Crippen LogP contribution in [0.25, 0.3) is 0 Å². The summed E-state index contributed by atoms with van der Waals surface area (Å²) in [6.45, 7) is 6.84. The van der Waals surface area contributed by atoms with Gasteiger partial charge in [0.1, 0.15) is 0 Å². The quantitative estimate of drug-likeness (QED) is 0.801. The Morgan fingerprint density at radius 3 is 2.80 bits per heavy atom. The molecule has 2 nitrogen and oxygen atoms in total. The molecule has 0 aromatic heterocycles. The highest BCUT2D eigenvalue weighted by molar-refractivity contribution is 5.51. The molecule has 1 atom stereocenters. The van der Waals surface area contributed by atoms with Crippen LogP contribution in [0.3, 0.4) is 0 Å². The second-order valence-electron chi connectivity index (χ2n) is 4.61. The van der Waals surface area contributed by atoms with E-state index in [0.29, 0.717) is 0 Å². The van der Waals surface area contributed by atoms with Crippen LogP contribution in [0.2, 0.25) is 0 Å². The predicted molar refractivity (Wildman–Crippen MR) is 63.1 cm³/mol. The Hall–Kier alpha value is -1.02. The van der Waals surface area contributed by atoms with Crippen LogP contribution in [0.15, 0.2) is 18.2 Å². The highest BCUT2D eigenvalue weighted by Gasteiger charge is 2.18. The van der Waals surface area contributed by atoms with Gasteiger partial charge >= 0.3 is 0 Å². The number of anilines is 1. The van der Waals surface area contributed by atoms with E-state index in [1.165, 1.54) is 24.2 Å². The van der Waals surface area contributed by atoms with Crippen molar-refractivity contribution in [2.45, 2.75) is 26.9 Å². The molecule has 1 fully saturated rings. The number of hydrogen-bond acceptors (Lipinski definition) is 2. The van der Waals surface area contributed by atoms with Crippen molar-refractivity contribution in [3.8, 4) is 0 Å². The minimum Gasteiger partial charge on any atom is -0.392 e. The second-order valence-corrected chi connectivity index (χ2v) is 4.61. The Balaban J connectivity index is 2.19. The maximum Gasteiger partial charge on any atom is 0.0684 e. The van der Waals surface area contributed by atoms with Crippen molar-refractivity contribution in [1.29, 1.82) is 0 Å². The molecule has 1 aromatic carbocycles. The number of nitrogens with zero attached hydrogens (tertiary/aromatic N) is 1. The molecule has 0 radical (unpaired) electrons. The van der Waals surface area contributed by atoms with E-state index in [1.807, 2.05) is 6.07 Å². The van der Waals surface area contributed by atoms with Crippen molar-refractivity contribution >= 4 is 5.69 Å². The van der Waals surface area contributed by atoms with Crippen LogP contribution < -0.4 is 4.90 Å². The highest BCUT2D eigenvalue weighted by Crippen LogP contribution is 2.25. The summed E-state index contributed by atoms with van der Waals surface area (Å²) in [4.78, 5) is 2.43. The molecule has 0 amide bonds. The molecule has 2 rings (SSSR count). The molecular formula is C13H19NO. The summed E-state index contributed by atoms with van der Waals surface area (Å²) in [5.74, 6) is 0.808. The van der Waals surface area contributed by atoms with Gasteiger partial charge in [0.15, 0.2) is 0 Å². The van der Waals surface area contributed by atoms with Crippen LogP contribution >= 0.6 is 0 Å². The molecular weight excluding hydrogens is 186 g/mol. The first kappa shape index (κ1) is 10.5. The van der Waals surface area contributed by atoms with Gasteiger partial charge in [-0.3, -0.25) is 0 Å². The van der Waals surface area contributed by atoms with Gasteiger partial charge in [-0.2, -0.15) is 0 Å². The molecule has 1 aliphatic heterocycles. The highest BCUT2D eigenvalue weighted by atomic mass is 16.3. The molecule has 82 valence electrons. The Kier molecular flexibility index (Phi) is 2.96. The number of benzene rings is 1. The Bertz CT molecular complexity index is 348. The van der Waals surface area contributed by atoms with E-state index in [-0.39, 0.29) is 6.61 Å². The van der Waals surface area contributed by atoms with E-state index >= 15 is 0 Å². The first-order valence-corrected chi connectivity index (χ1v) is 5.66. The molecule has 0 saturated carbocycles. The van der Waals surface area contributed by atoms with Crippen molar-refractivity contribution in [1.82, 2.24) is 0 Å². The van der Waals surface area contributed by atoms with Crippen LogP contribution in [-0.4, -0.2) is 18.2 Å². The largest absolute Gasteiger partial charge is 0.392 e. The third kappa shape index (κ3) is 2.15. The molecule has 1 N–H and O–H groups in total. The van der Waals surface area contributed by atoms with Gasteiger partial charge in [-0.25, -0.2) is 0 Å². The third-order valence-electron chi connectivity index (χ3n) is 3.29. The summed E-state index contributed by atoms with van der Waals surface area (Å²) in [7, 11) is 0. The molecule has 1 saturated heterocycles. The Morgan fingerprint density at radius 2 is 2.27 bits per heavy atom. The lowest BCUT2D eigenvalue weighted by atomic mass is 10.1. The lowest BCUT2D eigenvalue weighted by Crippen LogP contribution is -2.19. The lowest BCUT2D eigenvalue weighted by Gasteiger charge is -2.19. The SMILES string of the molecule is Cc1cc(N2CCC(C)C2)ccc1CO. The first-order chi connectivity index (χ1) is 7.20. The minimum atomic E-state index is 0.141. The average Bonchev–Trinajstić information content (AvgIpc) is 2.65. The Morgan fingerprint density at radius 1 is 1.47 bits per heavy atom. The van der Waals surface area contributed by atoms with Crippen molar-refractivity contribution in [3.05, 3.63) is 29.3 Å². The van der Waals surface area contributed by atoms with Crippen molar-refractivity contribution < 1.29 is 5.11 Å². The summed E-state index contributed by atoms with van der Waals surface area (Å²) in [6, 6.07) is 6.34. The molecule has 1 unspecified atom stereocenters. The molecule has 1 aliphatic rings. The van der Waals surface area contributed by atoms with Gasteiger partial charge in [-0.1, -0.05) is 13.0 Å². The molecule has 1 aromatic rings. The summed E-state index contributed by atoms with van der Waals surface area (Å²) >= 11 is 0. The third-order valence-corrected chi connectivity index (χ3v) is 3.29. The summed E-state index contributed by atoms with van der Waals surface area (Å²) in [5.41, 5.74) is 3.52. The maximum absolute atomic E-state index is 9.10. The van der Waals surface area contributed by atoms with Crippen LogP contribution in [0.4, 0.5) is 5.69 Å². The maximum atomic E-state index is 9.10. The van der Waals surface area contributed by atoms with Gasteiger partial charge in [0, 0.05) is 18.8 Å². The molecule has 0 aliphatic carbocycles. The number of hydrogen-bond donors (Lipinski definition) is 1. The van der Waals surface area contributed by atoms with E-state index in [4.69, 9.17) is 5.11 Å². The fourth-order valence-electron chi connectivity index (χ4n) is 2.22. The van der Waals surface area contributed by atoms with Gasteiger partial charge in [-0.05, 0) is 42.5 Å². The zero-order valence-electron chi connectivity index (χ0n) is 9.53. The summed E-state index contributed by atoms with van der Waals surface area (Å²) in [6.07, 6.45) is 1.29.